The number of halogens is 1. The molecule has 0 aliphatic heterocycles. The number of aliphatic carboxylic acids is 1. The Bertz CT molecular complexity index is 1300. The smallest absolute Gasteiger partial charge is 0.330 e. The second-order valence-electron chi connectivity index (χ2n) is 8.10. The van der Waals surface area contributed by atoms with Gasteiger partial charge >= 0.3 is 5.97 Å². The lowest BCUT2D eigenvalue weighted by molar-refractivity contribution is -0.131. The van der Waals surface area contributed by atoms with Crippen LogP contribution < -0.4 is 4.74 Å². The van der Waals surface area contributed by atoms with Gasteiger partial charge in [0.15, 0.2) is 0 Å². The summed E-state index contributed by atoms with van der Waals surface area (Å²) in [4.78, 5) is 11.6. The molecule has 33 heavy (non-hydrogen) atoms. The molecule has 0 spiro atoms. The molecule has 4 rings (SSSR count). The average Bonchev–Trinajstić information content (AvgIpc) is 3.17. The van der Waals surface area contributed by atoms with E-state index in [-0.39, 0.29) is 0 Å². The maximum absolute atomic E-state index is 11.6. The molecule has 4 aromatic rings. The largest absolute Gasteiger partial charge is 0.494 e. The number of aryl methyl sites for hydroxylation is 3. The van der Waals surface area contributed by atoms with Gasteiger partial charge in [-0.05, 0) is 67.1 Å². The molecular formula is C28H26ClNO3. The third-order valence-corrected chi connectivity index (χ3v) is 6.25. The first kappa shape index (κ1) is 22.7. The van der Waals surface area contributed by atoms with Gasteiger partial charge in [0, 0.05) is 22.7 Å². The number of carboxylic acids is 1. The molecule has 0 atom stereocenters. The van der Waals surface area contributed by atoms with Gasteiger partial charge in [-0.2, -0.15) is 0 Å². The number of ether oxygens (including phenoxy) is 1. The SMILES string of the molecule is Cc1cc(OCCCc2cn(/C(=C/C(=O)O)c3ccccc3)c3ccccc23)cc(C)c1Cl. The number of para-hydroxylation sites is 1. The molecule has 1 aromatic heterocycles. The molecule has 3 aromatic carbocycles. The van der Waals surface area contributed by atoms with Crippen molar-refractivity contribution in [3.63, 3.8) is 0 Å². The van der Waals surface area contributed by atoms with E-state index in [1.54, 1.807) is 0 Å². The first-order valence-electron chi connectivity index (χ1n) is 10.9. The molecule has 0 saturated heterocycles. The molecule has 0 unspecified atom stereocenters. The van der Waals surface area contributed by atoms with Crippen LogP contribution in [-0.2, 0) is 11.2 Å². The van der Waals surface area contributed by atoms with Crippen molar-refractivity contribution in [2.24, 2.45) is 0 Å². The van der Waals surface area contributed by atoms with Crippen LogP contribution in [0.4, 0.5) is 0 Å². The number of carboxylic acid groups (broad SMARTS) is 1. The van der Waals surface area contributed by atoms with Crippen molar-refractivity contribution in [2.45, 2.75) is 26.7 Å². The number of rotatable bonds is 8. The Kier molecular flexibility index (Phi) is 6.85. The predicted molar refractivity (Wildman–Crippen MR) is 134 cm³/mol. The Morgan fingerprint density at radius 1 is 1.03 bits per heavy atom. The molecule has 1 N–H and O–H groups in total. The first-order chi connectivity index (χ1) is 15.9. The van der Waals surface area contributed by atoms with Crippen LogP contribution in [-0.4, -0.2) is 22.2 Å². The van der Waals surface area contributed by atoms with E-state index in [0.717, 1.165) is 56.8 Å². The second-order valence-corrected chi connectivity index (χ2v) is 8.48. The fourth-order valence-corrected chi connectivity index (χ4v) is 4.22. The molecule has 0 radical (unpaired) electrons. The highest BCUT2D eigenvalue weighted by molar-refractivity contribution is 6.32. The van der Waals surface area contributed by atoms with Crippen LogP contribution in [0.5, 0.6) is 5.75 Å². The number of fused-ring (bicyclic) bond motifs is 1. The normalized spacial score (nSPS) is 11.7. The summed E-state index contributed by atoms with van der Waals surface area (Å²) in [6.45, 7) is 4.54. The molecular weight excluding hydrogens is 434 g/mol. The van der Waals surface area contributed by atoms with Gasteiger partial charge in [-0.15, -0.1) is 0 Å². The highest BCUT2D eigenvalue weighted by atomic mass is 35.5. The van der Waals surface area contributed by atoms with Crippen LogP contribution in [0, 0.1) is 13.8 Å². The minimum absolute atomic E-state index is 0.580. The quantitative estimate of drug-likeness (QED) is 0.230. The van der Waals surface area contributed by atoms with Gasteiger partial charge in [0.1, 0.15) is 5.75 Å². The Morgan fingerprint density at radius 2 is 1.70 bits per heavy atom. The van der Waals surface area contributed by atoms with Crippen molar-refractivity contribution in [1.82, 2.24) is 4.57 Å². The number of hydrogen-bond donors (Lipinski definition) is 1. The van der Waals surface area contributed by atoms with Crippen LogP contribution >= 0.6 is 11.6 Å². The number of aromatic nitrogens is 1. The van der Waals surface area contributed by atoms with Gasteiger partial charge in [0.05, 0.1) is 17.8 Å². The minimum atomic E-state index is -0.977. The Labute approximate surface area is 198 Å². The Balaban J connectivity index is 1.58. The zero-order valence-corrected chi connectivity index (χ0v) is 19.5. The maximum atomic E-state index is 11.6. The first-order valence-corrected chi connectivity index (χ1v) is 11.3. The van der Waals surface area contributed by atoms with Crippen molar-refractivity contribution in [1.29, 1.82) is 0 Å². The van der Waals surface area contributed by atoms with Crippen molar-refractivity contribution in [3.05, 3.63) is 106 Å². The third-order valence-electron chi connectivity index (χ3n) is 5.65. The monoisotopic (exact) mass is 459 g/mol. The average molecular weight is 460 g/mol. The van der Waals surface area contributed by atoms with E-state index in [1.165, 1.54) is 6.08 Å². The second kappa shape index (κ2) is 9.97. The van der Waals surface area contributed by atoms with E-state index >= 15 is 0 Å². The van der Waals surface area contributed by atoms with Crippen LogP contribution in [0.15, 0.2) is 79.0 Å². The van der Waals surface area contributed by atoms with Crippen molar-refractivity contribution in [2.75, 3.05) is 6.61 Å². The molecule has 0 bridgehead atoms. The topological polar surface area (TPSA) is 51.5 Å². The lowest BCUT2D eigenvalue weighted by Crippen LogP contribution is -2.02. The molecule has 168 valence electrons. The number of benzene rings is 3. The van der Waals surface area contributed by atoms with Gasteiger partial charge in [-0.25, -0.2) is 4.79 Å². The molecule has 0 aliphatic rings. The van der Waals surface area contributed by atoms with Crippen molar-refractivity contribution in [3.8, 4) is 5.75 Å². The molecule has 5 heteroatoms. The summed E-state index contributed by atoms with van der Waals surface area (Å²) in [6, 6.07) is 21.6. The van der Waals surface area contributed by atoms with E-state index in [4.69, 9.17) is 16.3 Å². The van der Waals surface area contributed by atoms with Gasteiger partial charge in [-0.1, -0.05) is 60.1 Å². The van der Waals surface area contributed by atoms with E-state index in [2.05, 4.69) is 6.07 Å². The summed E-state index contributed by atoms with van der Waals surface area (Å²) in [5.74, 6) is -0.150. The summed E-state index contributed by atoms with van der Waals surface area (Å²) in [5, 5.41) is 11.4. The molecule has 0 fully saturated rings. The lowest BCUT2D eigenvalue weighted by atomic mass is 10.1. The Hall–Kier alpha value is -3.50. The fourth-order valence-electron chi connectivity index (χ4n) is 4.11. The standard InChI is InChI=1S/C28H26ClNO3/c1-19-15-23(16-20(2)28(19)29)33-14-8-11-22-18-30(25-13-7-6-12-24(22)25)26(17-27(31)32)21-9-4-3-5-10-21/h3-7,9-10,12-13,15-18H,8,11,14H2,1-2H3,(H,31,32)/b26-17+. The number of nitrogens with zero attached hydrogens (tertiary/aromatic N) is 1. The van der Waals surface area contributed by atoms with E-state index < -0.39 is 5.97 Å². The van der Waals surface area contributed by atoms with E-state index in [0.29, 0.717) is 12.3 Å². The fraction of sp³-hybridized carbons (Fsp3) is 0.179. The van der Waals surface area contributed by atoms with Crippen LogP contribution in [0.1, 0.15) is 28.7 Å². The van der Waals surface area contributed by atoms with Crippen LogP contribution in [0.3, 0.4) is 0 Å². The highest BCUT2D eigenvalue weighted by Crippen LogP contribution is 2.29. The van der Waals surface area contributed by atoms with Gasteiger partial charge in [-0.3, -0.25) is 0 Å². The van der Waals surface area contributed by atoms with Crippen molar-refractivity contribution >= 4 is 34.2 Å². The summed E-state index contributed by atoms with van der Waals surface area (Å²) >= 11 is 6.25. The molecule has 0 saturated carbocycles. The van der Waals surface area contributed by atoms with Crippen LogP contribution in [0.25, 0.3) is 16.6 Å². The molecule has 0 amide bonds. The van der Waals surface area contributed by atoms with Crippen molar-refractivity contribution < 1.29 is 14.6 Å². The summed E-state index contributed by atoms with van der Waals surface area (Å²) < 4.78 is 7.95. The summed E-state index contributed by atoms with van der Waals surface area (Å²) in [5.41, 5.74) is 5.64. The summed E-state index contributed by atoms with van der Waals surface area (Å²) in [6.07, 6.45) is 4.95. The number of carbonyl (C=O) groups is 1. The van der Waals surface area contributed by atoms with Gasteiger partial charge in [0.2, 0.25) is 0 Å². The molecule has 1 heterocycles. The molecule has 0 aliphatic carbocycles. The van der Waals surface area contributed by atoms with Gasteiger partial charge in [0.25, 0.3) is 0 Å². The van der Waals surface area contributed by atoms with Crippen LogP contribution in [0.2, 0.25) is 5.02 Å². The summed E-state index contributed by atoms with van der Waals surface area (Å²) in [7, 11) is 0. The lowest BCUT2D eigenvalue weighted by Gasteiger charge is -2.11. The molecule has 4 nitrogen and oxygen atoms in total. The van der Waals surface area contributed by atoms with E-state index in [9.17, 15) is 9.90 Å². The maximum Gasteiger partial charge on any atom is 0.330 e. The zero-order chi connectivity index (χ0) is 23.4. The number of hydrogen-bond acceptors (Lipinski definition) is 2. The highest BCUT2D eigenvalue weighted by Gasteiger charge is 2.14. The van der Waals surface area contributed by atoms with Gasteiger partial charge < -0.3 is 14.4 Å². The third kappa shape index (κ3) is 5.12. The van der Waals surface area contributed by atoms with E-state index in [1.807, 2.05) is 85.3 Å². The predicted octanol–water partition coefficient (Wildman–Crippen LogP) is 6.90. The minimum Gasteiger partial charge on any atom is -0.494 e. The zero-order valence-electron chi connectivity index (χ0n) is 18.7. The Morgan fingerprint density at radius 3 is 2.39 bits per heavy atom.